The van der Waals surface area contributed by atoms with Crippen molar-refractivity contribution in [3.63, 3.8) is 0 Å². The van der Waals surface area contributed by atoms with Gasteiger partial charge >= 0.3 is 0 Å². The van der Waals surface area contributed by atoms with E-state index in [-0.39, 0.29) is 34.8 Å². The van der Waals surface area contributed by atoms with E-state index < -0.39 is 6.43 Å². The van der Waals surface area contributed by atoms with Crippen molar-refractivity contribution in [1.29, 1.82) is 0 Å². The highest BCUT2D eigenvalue weighted by molar-refractivity contribution is 5.99. The normalized spacial score (nSPS) is 20.0. The first-order valence-electron chi connectivity index (χ1n) is 10.1. The summed E-state index contributed by atoms with van der Waals surface area (Å²) in [7, 11) is 0. The van der Waals surface area contributed by atoms with E-state index in [0.717, 1.165) is 42.9 Å². The van der Waals surface area contributed by atoms with Crippen LogP contribution >= 0.6 is 0 Å². The van der Waals surface area contributed by atoms with Crippen molar-refractivity contribution in [2.24, 2.45) is 5.92 Å². The second kappa shape index (κ2) is 7.73. The summed E-state index contributed by atoms with van der Waals surface area (Å²) >= 11 is 0. The molecule has 0 bridgehead atoms. The van der Waals surface area contributed by atoms with E-state index in [9.17, 15) is 13.6 Å². The predicted molar refractivity (Wildman–Crippen MR) is 102 cm³/mol. The number of nitrogens with zero attached hydrogens (tertiary/aromatic N) is 4. The smallest absolute Gasteiger partial charge is 0.280 e. The standard InChI is InChI=1S/C20H27F2N5O/c1-12-5-7-26(8-6-12)11-13(2)24-20(28)15-10-23-27-17(18(21)22)9-16(14-3-4-14)25-19(15)27/h9-10,12-14,18H,3-8,11H2,1-2H3,(H,24,28)/t13-/m1/s1. The average molecular weight is 391 g/mol. The highest BCUT2D eigenvalue weighted by atomic mass is 19.3. The molecule has 1 N–H and O–H groups in total. The molecule has 1 saturated carbocycles. The van der Waals surface area contributed by atoms with Gasteiger partial charge in [-0.25, -0.2) is 18.3 Å². The lowest BCUT2D eigenvalue weighted by Crippen LogP contribution is -2.44. The van der Waals surface area contributed by atoms with Crippen LogP contribution in [0.25, 0.3) is 5.65 Å². The van der Waals surface area contributed by atoms with Crippen molar-refractivity contribution < 1.29 is 13.6 Å². The van der Waals surface area contributed by atoms with Crippen LogP contribution in [-0.4, -0.2) is 51.1 Å². The third-order valence-corrected chi connectivity index (χ3v) is 5.77. The van der Waals surface area contributed by atoms with Crippen molar-refractivity contribution in [2.45, 2.75) is 57.9 Å². The Bertz CT molecular complexity index is 856. The summed E-state index contributed by atoms with van der Waals surface area (Å²) in [5.74, 6) is 0.665. The second-order valence-electron chi connectivity index (χ2n) is 8.33. The molecule has 1 aliphatic carbocycles. The van der Waals surface area contributed by atoms with Gasteiger partial charge in [0.2, 0.25) is 0 Å². The Kier molecular flexibility index (Phi) is 5.31. The first-order chi connectivity index (χ1) is 13.4. The first-order valence-corrected chi connectivity index (χ1v) is 10.1. The molecule has 1 saturated heterocycles. The van der Waals surface area contributed by atoms with E-state index in [4.69, 9.17) is 0 Å². The fraction of sp³-hybridized carbons (Fsp3) is 0.650. The third kappa shape index (κ3) is 4.01. The van der Waals surface area contributed by atoms with E-state index in [1.807, 2.05) is 6.92 Å². The zero-order valence-corrected chi connectivity index (χ0v) is 16.4. The fourth-order valence-corrected chi connectivity index (χ4v) is 3.89. The Morgan fingerprint density at radius 1 is 1.29 bits per heavy atom. The zero-order valence-electron chi connectivity index (χ0n) is 16.4. The number of likely N-dealkylation sites (tertiary alicyclic amines) is 1. The molecule has 0 unspecified atom stereocenters. The van der Waals surface area contributed by atoms with Crippen molar-refractivity contribution in [2.75, 3.05) is 19.6 Å². The summed E-state index contributed by atoms with van der Waals surface area (Å²) < 4.78 is 28.0. The molecule has 2 aromatic rings. The van der Waals surface area contributed by atoms with Gasteiger partial charge in [0.25, 0.3) is 12.3 Å². The number of rotatable bonds is 6. The van der Waals surface area contributed by atoms with Crippen LogP contribution in [0.3, 0.4) is 0 Å². The Morgan fingerprint density at radius 3 is 2.64 bits per heavy atom. The molecule has 1 aliphatic heterocycles. The largest absolute Gasteiger partial charge is 0.348 e. The monoisotopic (exact) mass is 391 g/mol. The number of aromatic nitrogens is 3. The number of halogens is 2. The summed E-state index contributed by atoms with van der Waals surface area (Å²) in [4.78, 5) is 19.6. The summed E-state index contributed by atoms with van der Waals surface area (Å²) in [5.41, 5.74) is 0.897. The highest BCUT2D eigenvalue weighted by Crippen LogP contribution is 2.40. The Balaban J connectivity index is 1.51. The molecule has 2 aliphatic rings. The Hall–Kier alpha value is -2.09. The summed E-state index contributed by atoms with van der Waals surface area (Å²) in [5, 5.41) is 7.00. The van der Waals surface area contributed by atoms with Gasteiger partial charge in [-0.1, -0.05) is 6.92 Å². The molecule has 1 amide bonds. The van der Waals surface area contributed by atoms with Gasteiger partial charge in [0, 0.05) is 24.2 Å². The molecule has 0 spiro atoms. The van der Waals surface area contributed by atoms with Gasteiger partial charge in [0.15, 0.2) is 5.65 Å². The van der Waals surface area contributed by atoms with Gasteiger partial charge in [-0.15, -0.1) is 0 Å². The summed E-state index contributed by atoms with van der Waals surface area (Å²) in [6, 6.07) is 1.38. The molecular formula is C20H27F2N5O. The zero-order chi connectivity index (χ0) is 19.8. The molecule has 2 aromatic heterocycles. The molecule has 3 heterocycles. The van der Waals surface area contributed by atoms with Crippen molar-refractivity contribution >= 4 is 11.6 Å². The number of hydrogen-bond donors (Lipinski definition) is 1. The maximum absolute atomic E-state index is 13.5. The summed E-state index contributed by atoms with van der Waals surface area (Å²) in [6.45, 7) is 7.10. The lowest BCUT2D eigenvalue weighted by molar-refractivity contribution is 0.0922. The molecule has 6 nitrogen and oxygen atoms in total. The van der Waals surface area contributed by atoms with Crippen LogP contribution in [0.4, 0.5) is 8.78 Å². The van der Waals surface area contributed by atoms with Crippen LogP contribution in [0.5, 0.6) is 0 Å². The van der Waals surface area contributed by atoms with Gasteiger partial charge < -0.3 is 10.2 Å². The van der Waals surface area contributed by atoms with E-state index in [1.165, 1.54) is 25.1 Å². The van der Waals surface area contributed by atoms with Gasteiger partial charge in [0.1, 0.15) is 11.3 Å². The van der Waals surface area contributed by atoms with Crippen LogP contribution in [0.2, 0.25) is 0 Å². The quantitative estimate of drug-likeness (QED) is 0.820. The number of hydrogen-bond acceptors (Lipinski definition) is 4. The van der Waals surface area contributed by atoms with E-state index in [1.54, 1.807) is 0 Å². The van der Waals surface area contributed by atoms with E-state index in [0.29, 0.717) is 5.69 Å². The number of piperidine rings is 1. The van der Waals surface area contributed by atoms with Crippen molar-refractivity contribution in [1.82, 2.24) is 24.8 Å². The number of alkyl halides is 2. The molecule has 0 aromatic carbocycles. The minimum Gasteiger partial charge on any atom is -0.348 e. The minimum atomic E-state index is -2.67. The predicted octanol–water partition coefficient (Wildman–Crippen LogP) is 3.39. The van der Waals surface area contributed by atoms with Crippen LogP contribution in [0, 0.1) is 5.92 Å². The Labute approximate surface area is 163 Å². The number of nitrogens with one attached hydrogen (secondary N) is 1. The topological polar surface area (TPSA) is 62.5 Å². The average Bonchev–Trinajstić information content (AvgIpc) is 3.41. The Morgan fingerprint density at radius 2 is 2.00 bits per heavy atom. The second-order valence-corrected chi connectivity index (χ2v) is 8.33. The molecular weight excluding hydrogens is 364 g/mol. The van der Waals surface area contributed by atoms with Crippen molar-refractivity contribution in [3.05, 3.63) is 29.2 Å². The number of amides is 1. The first kappa shape index (κ1) is 19.2. The fourth-order valence-electron chi connectivity index (χ4n) is 3.89. The van der Waals surface area contributed by atoms with Gasteiger partial charge in [0.05, 0.1) is 6.20 Å². The van der Waals surface area contributed by atoms with Crippen LogP contribution < -0.4 is 5.32 Å². The third-order valence-electron chi connectivity index (χ3n) is 5.77. The molecule has 4 rings (SSSR count). The van der Waals surface area contributed by atoms with Crippen LogP contribution in [0.15, 0.2) is 12.3 Å². The van der Waals surface area contributed by atoms with Crippen LogP contribution in [0.1, 0.15) is 73.6 Å². The van der Waals surface area contributed by atoms with E-state index >= 15 is 0 Å². The molecule has 152 valence electrons. The molecule has 8 heteroatoms. The van der Waals surface area contributed by atoms with Gasteiger partial charge in [-0.2, -0.15) is 5.10 Å². The van der Waals surface area contributed by atoms with Gasteiger partial charge in [-0.05, 0) is 57.7 Å². The molecule has 1 atom stereocenters. The molecule has 0 radical (unpaired) electrons. The minimum absolute atomic E-state index is 0.0444. The number of carbonyl (C=O) groups excluding carboxylic acids is 1. The lowest BCUT2D eigenvalue weighted by atomic mass is 9.99. The van der Waals surface area contributed by atoms with Crippen molar-refractivity contribution in [3.8, 4) is 0 Å². The van der Waals surface area contributed by atoms with E-state index in [2.05, 4.69) is 27.2 Å². The lowest BCUT2D eigenvalue weighted by Gasteiger charge is -2.32. The number of fused-ring (bicyclic) bond motifs is 1. The maximum Gasteiger partial charge on any atom is 0.280 e. The maximum atomic E-state index is 13.5. The molecule has 28 heavy (non-hydrogen) atoms. The van der Waals surface area contributed by atoms with Crippen LogP contribution in [-0.2, 0) is 0 Å². The van der Waals surface area contributed by atoms with Gasteiger partial charge in [-0.3, -0.25) is 4.79 Å². The highest BCUT2D eigenvalue weighted by Gasteiger charge is 2.29. The number of carbonyl (C=O) groups is 1. The SMILES string of the molecule is CC1CCN(C[C@@H](C)NC(=O)c2cnn3c(C(F)F)cc(C4CC4)nc23)CC1. The molecule has 2 fully saturated rings. The summed E-state index contributed by atoms with van der Waals surface area (Å²) in [6.07, 6.45) is 2.94.